The Balaban J connectivity index is 1.05. The third-order valence-corrected chi connectivity index (χ3v) is 10.3. The first-order valence-corrected chi connectivity index (χ1v) is 20.6. The standard InChI is InChI=1S/C50H54N2O9/c1-6-42(53)40-17-11-15-38(51-40)34-20-24-36(25-21-34)58-30-32-60-49(56)46-44(28-19-33-13-9-8-10-14-33)61-43(7-2)45(46)48(55)59-31-29-57-37-26-22-35(23-27-37)39-16-12-18-41(52-39)47(54)50(3,4)5/h7-28,42-47,53-54H,2,6,29-32H2,1,3-5H3/b28-19-/t42-,43-,44+,45-,46+,47+/m1/s1. The molecular formula is C50H54N2O9. The van der Waals surface area contributed by atoms with E-state index in [-0.39, 0.29) is 31.8 Å². The molecule has 1 aliphatic rings. The number of carbonyl (C=O) groups excluding carboxylic acids is 2. The maximum atomic E-state index is 13.8. The van der Waals surface area contributed by atoms with E-state index < -0.39 is 48.2 Å². The van der Waals surface area contributed by atoms with E-state index in [1.54, 1.807) is 36.4 Å². The zero-order valence-corrected chi connectivity index (χ0v) is 35.1. The highest BCUT2D eigenvalue weighted by molar-refractivity contribution is 5.84. The van der Waals surface area contributed by atoms with Crippen molar-refractivity contribution in [2.24, 2.45) is 17.3 Å². The fraction of sp³-hybridized carbons (Fsp3) is 0.320. The first-order chi connectivity index (χ1) is 29.4. The smallest absolute Gasteiger partial charge is 0.313 e. The number of aliphatic hydroxyl groups excluding tert-OH is 2. The van der Waals surface area contributed by atoms with E-state index in [9.17, 15) is 19.8 Å². The lowest BCUT2D eigenvalue weighted by Gasteiger charge is -2.25. The Morgan fingerprint density at radius 2 is 1.20 bits per heavy atom. The first-order valence-electron chi connectivity index (χ1n) is 20.6. The van der Waals surface area contributed by atoms with Crippen molar-refractivity contribution in [1.82, 2.24) is 9.97 Å². The molecule has 1 fully saturated rings. The van der Waals surface area contributed by atoms with Crippen LogP contribution < -0.4 is 9.47 Å². The minimum atomic E-state index is -1.02. The Labute approximate surface area is 357 Å². The Morgan fingerprint density at radius 3 is 1.70 bits per heavy atom. The van der Waals surface area contributed by atoms with E-state index in [2.05, 4.69) is 16.5 Å². The Morgan fingerprint density at radius 1 is 0.689 bits per heavy atom. The van der Waals surface area contributed by atoms with Gasteiger partial charge in [0.2, 0.25) is 0 Å². The van der Waals surface area contributed by atoms with Crippen LogP contribution in [0.15, 0.2) is 134 Å². The summed E-state index contributed by atoms with van der Waals surface area (Å²) in [5, 5.41) is 20.9. The molecule has 6 rings (SSSR count). The summed E-state index contributed by atoms with van der Waals surface area (Å²) in [6.45, 7) is 11.7. The van der Waals surface area contributed by atoms with Gasteiger partial charge in [-0.1, -0.05) is 88.4 Å². The largest absolute Gasteiger partial charge is 0.490 e. The van der Waals surface area contributed by atoms with Crippen LogP contribution >= 0.6 is 0 Å². The highest BCUT2D eigenvalue weighted by Crippen LogP contribution is 2.37. The van der Waals surface area contributed by atoms with Gasteiger partial charge in [-0.3, -0.25) is 19.6 Å². The second kappa shape index (κ2) is 20.9. The topological polar surface area (TPSA) is 147 Å². The molecule has 5 aromatic rings. The van der Waals surface area contributed by atoms with Crippen LogP contribution in [0.3, 0.4) is 0 Å². The van der Waals surface area contributed by atoms with Gasteiger partial charge < -0.3 is 33.9 Å². The number of hydrogen-bond acceptors (Lipinski definition) is 11. The molecule has 3 heterocycles. The summed E-state index contributed by atoms with van der Waals surface area (Å²) >= 11 is 0. The van der Waals surface area contributed by atoms with Crippen molar-refractivity contribution in [3.05, 3.63) is 151 Å². The summed E-state index contributed by atoms with van der Waals surface area (Å²) in [7, 11) is 0. The van der Waals surface area contributed by atoms with E-state index >= 15 is 0 Å². The Hall–Kier alpha value is -6.14. The molecule has 0 unspecified atom stereocenters. The molecule has 2 aromatic heterocycles. The molecule has 1 aliphatic heterocycles. The van der Waals surface area contributed by atoms with Crippen molar-refractivity contribution in [2.75, 3.05) is 26.4 Å². The van der Waals surface area contributed by atoms with E-state index in [1.807, 2.05) is 119 Å². The van der Waals surface area contributed by atoms with Gasteiger partial charge in [-0.2, -0.15) is 0 Å². The van der Waals surface area contributed by atoms with Gasteiger partial charge in [0, 0.05) is 11.1 Å². The van der Waals surface area contributed by atoms with Crippen LogP contribution in [0.2, 0.25) is 0 Å². The summed E-state index contributed by atoms with van der Waals surface area (Å²) in [5.41, 5.74) is 4.95. The van der Waals surface area contributed by atoms with Gasteiger partial charge in [0.25, 0.3) is 0 Å². The van der Waals surface area contributed by atoms with Crippen LogP contribution in [0.1, 0.15) is 63.3 Å². The summed E-state index contributed by atoms with van der Waals surface area (Å²) < 4.78 is 29.3. The average molecular weight is 827 g/mol. The number of ether oxygens (including phenoxy) is 5. The van der Waals surface area contributed by atoms with E-state index in [0.717, 1.165) is 28.1 Å². The SMILES string of the molecule is C=C[C@H]1O[C@@H](/C=C\c2ccccc2)[C@H](C(=O)OCCOc2ccc(-c3cccc([C@H](O)CC)n3)cc2)[C@@H]1C(=O)OCCOc1ccc(-c2cccc([C@H](O)C(C)(C)C)n2)cc1. The number of aromatic nitrogens is 2. The quantitative estimate of drug-likeness (QED) is 0.0497. The predicted octanol–water partition coefficient (Wildman–Crippen LogP) is 8.78. The summed E-state index contributed by atoms with van der Waals surface area (Å²) in [5.74, 6) is -2.16. The lowest BCUT2D eigenvalue weighted by atomic mass is 9.86. The molecule has 6 atom stereocenters. The van der Waals surface area contributed by atoms with Crippen molar-refractivity contribution >= 4 is 18.0 Å². The van der Waals surface area contributed by atoms with Gasteiger partial charge in [0.05, 0.1) is 41.1 Å². The molecule has 318 valence electrons. The number of pyridine rings is 2. The van der Waals surface area contributed by atoms with Crippen molar-refractivity contribution in [3.8, 4) is 34.0 Å². The van der Waals surface area contributed by atoms with Crippen molar-refractivity contribution in [1.29, 1.82) is 0 Å². The number of esters is 2. The molecule has 11 nitrogen and oxygen atoms in total. The van der Waals surface area contributed by atoms with Crippen molar-refractivity contribution in [2.45, 2.75) is 58.5 Å². The number of hydrogen-bond donors (Lipinski definition) is 2. The highest BCUT2D eigenvalue weighted by Gasteiger charge is 2.51. The molecule has 0 spiro atoms. The van der Waals surface area contributed by atoms with Crippen LogP contribution in [0, 0.1) is 17.3 Å². The number of rotatable bonds is 18. The Kier molecular flexibility index (Phi) is 15.2. The summed E-state index contributed by atoms with van der Waals surface area (Å²) in [6, 6.07) is 35.4. The molecule has 0 amide bonds. The van der Waals surface area contributed by atoms with Crippen molar-refractivity contribution in [3.63, 3.8) is 0 Å². The number of aliphatic hydroxyl groups is 2. The number of carbonyl (C=O) groups is 2. The molecule has 2 N–H and O–H groups in total. The normalized spacial score (nSPS) is 18.6. The molecule has 61 heavy (non-hydrogen) atoms. The third-order valence-electron chi connectivity index (χ3n) is 10.3. The van der Waals surface area contributed by atoms with Crippen LogP contribution in [0.4, 0.5) is 0 Å². The van der Waals surface area contributed by atoms with Crippen LogP contribution in [0.25, 0.3) is 28.6 Å². The average Bonchev–Trinajstić information content (AvgIpc) is 3.67. The lowest BCUT2D eigenvalue weighted by molar-refractivity contribution is -0.160. The van der Waals surface area contributed by atoms with E-state index in [4.69, 9.17) is 23.7 Å². The molecule has 11 heteroatoms. The highest BCUT2D eigenvalue weighted by atomic mass is 16.6. The van der Waals surface area contributed by atoms with E-state index in [1.165, 1.54) is 6.08 Å². The molecule has 0 saturated carbocycles. The predicted molar refractivity (Wildman–Crippen MR) is 233 cm³/mol. The zero-order valence-electron chi connectivity index (χ0n) is 35.1. The minimum absolute atomic E-state index is 0.0680. The van der Waals surface area contributed by atoms with E-state index in [0.29, 0.717) is 29.3 Å². The third kappa shape index (κ3) is 11.8. The van der Waals surface area contributed by atoms with Crippen LogP contribution in [0.5, 0.6) is 11.5 Å². The summed E-state index contributed by atoms with van der Waals surface area (Å²) in [4.78, 5) is 36.8. The second-order valence-electron chi connectivity index (χ2n) is 15.8. The maximum absolute atomic E-state index is 13.8. The second-order valence-corrected chi connectivity index (χ2v) is 15.8. The van der Waals surface area contributed by atoms with Gasteiger partial charge in [-0.15, -0.1) is 6.58 Å². The molecule has 0 aliphatic carbocycles. The van der Waals surface area contributed by atoms with Gasteiger partial charge in [-0.05, 0) is 90.2 Å². The monoisotopic (exact) mass is 826 g/mol. The van der Waals surface area contributed by atoms with Gasteiger partial charge in [0.1, 0.15) is 55.9 Å². The zero-order chi connectivity index (χ0) is 43.4. The fourth-order valence-electron chi connectivity index (χ4n) is 6.91. The van der Waals surface area contributed by atoms with Gasteiger partial charge in [0.15, 0.2) is 0 Å². The van der Waals surface area contributed by atoms with Crippen molar-refractivity contribution < 1.29 is 43.5 Å². The lowest BCUT2D eigenvalue weighted by Crippen LogP contribution is -2.37. The minimum Gasteiger partial charge on any atom is -0.490 e. The maximum Gasteiger partial charge on any atom is 0.313 e. The molecular weight excluding hydrogens is 773 g/mol. The molecule has 0 radical (unpaired) electrons. The summed E-state index contributed by atoms with van der Waals surface area (Å²) in [6.07, 6.45) is 2.72. The van der Waals surface area contributed by atoms with Crippen LogP contribution in [-0.2, 0) is 23.8 Å². The van der Waals surface area contributed by atoms with Gasteiger partial charge in [-0.25, -0.2) is 0 Å². The molecule has 3 aromatic carbocycles. The number of benzene rings is 3. The fourth-order valence-corrected chi connectivity index (χ4v) is 6.91. The molecule has 1 saturated heterocycles. The molecule has 0 bridgehead atoms. The van der Waals surface area contributed by atoms with Crippen LogP contribution in [-0.4, -0.2) is 70.8 Å². The Bertz CT molecular complexity index is 2240. The number of nitrogens with zero attached hydrogens (tertiary/aromatic N) is 2. The first kappa shape index (κ1) is 44.4. The van der Waals surface area contributed by atoms with Gasteiger partial charge >= 0.3 is 11.9 Å².